The molecule has 0 aromatic carbocycles. The Morgan fingerprint density at radius 3 is 1.40 bits per heavy atom. The molecular weight excluding hydrogens is 450 g/mol. The molecule has 2 saturated carbocycles. The van der Waals surface area contributed by atoms with Crippen molar-refractivity contribution in [2.45, 2.75) is 67.2 Å². The molecule has 4 unspecified atom stereocenters. The summed E-state index contributed by atoms with van der Waals surface area (Å²) in [5, 5.41) is 0. The number of hydrogen-bond acceptors (Lipinski definition) is 0. The first kappa shape index (κ1) is 19.5. The zero-order valence-corrected chi connectivity index (χ0v) is 20.9. The molecule has 4 atom stereocenters. The van der Waals surface area contributed by atoms with Crippen LogP contribution in [0.25, 0.3) is 0 Å². The van der Waals surface area contributed by atoms with Crippen LogP contribution in [-0.2, 0) is 18.2 Å². The zero-order chi connectivity index (χ0) is 18.6. The fraction of sp³-hybridized carbons (Fsp3) is 0.762. The molecule has 5 aliphatic rings. The maximum absolute atomic E-state index is 5.00. The summed E-state index contributed by atoms with van der Waals surface area (Å²) in [5.74, 6) is 1.67. The standard InChI is InChI=1S/C21H29.3ClH.Zr/c1-18(2)12-7-9-20(18,5)14-11-15-17(16(12)14)13-8-10-21(15,6)19(13,3)4;;;;/h11-13H,7-10H2,1-6H3;3*1H;/q;;;;+3/p-3. The van der Waals surface area contributed by atoms with Gasteiger partial charge in [0.2, 0.25) is 0 Å². The Morgan fingerprint density at radius 2 is 1.08 bits per heavy atom. The van der Waals surface area contributed by atoms with Gasteiger partial charge in [0.05, 0.1) is 0 Å². The average Bonchev–Trinajstić information content (AvgIpc) is 3.12. The van der Waals surface area contributed by atoms with Gasteiger partial charge in [-0.3, -0.25) is 0 Å². The van der Waals surface area contributed by atoms with Crippen LogP contribution in [0.3, 0.4) is 0 Å². The van der Waals surface area contributed by atoms with Crippen LogP contribution in [0, 0.1) is 39.9 Å². The van der Waals surface area contributed by atoms with E-state index in [1.165, 1.54) is 25.7 Å². The van der Waals surface area contributed by atoms with Gasteiger partial charge in [-0.1, -0.05) is 52.7 Å². The fourth-order valence-electron chi connectivity index (χ4n) is 7.23. The molecule has 0 aliphatic heterocycles. The number of fused-ring (bicyclic) bond motifs is 9. The normalized spacial score (nSPS) is 44.0. The first-order chi connectivity index (χ1) is 11.4. The number of hydrogen-bond donors (Lipinski definition) is 0. The predicted molar refractivity (Wildman–Crippen MR) is 105 cm³/mol. The third-order valence-corrected chi connectivity index (χ3v) is 9.50. The molecule has 138 valence electrons. The van der Waals surface area contributed by atoms with Crippen LogP contribution in [-0.4, -0.2) is 0 Å². The Morgan fingerprint density at radius 1 is 0.760 bits per heavy atom. The molecule has 0 aromatic rings. The van der Waals surface area contributed by atoms with Gasteiger partial charge in [0.1, 0.15) is 0 Å². The number of rotatable bonds is 0. The van der Waals surface area contributed by atoms with Gasteiger partial charge in [0.25, 0.3) is 0 Å². The van der Waals surface area contributed by atoms with Crippen molar-refractivity contribution in [3.05, 3.63) is 28.7 Å². The molecule has 0 heterocycles. The average molecular weight is 479 g/mol. The van der Waals surface area contributed by atoms with Crippen LogP contribution in [0.2, 0.25) is 0 Å². The van der Waals surface area contributed by atoms with Crippen LogP contribution in [0.1, 0.15) is 67.2 Å². The van der Waals surface area contributed by atoms with E-state index in [-0.39, 0.29) is 0 Å². The van der Waals surface area contributed by atoms with Crippen molar-refractivity contribution < 1.29 is 18.2 Å². The molecule has 25 heavy (non-hydrogen) atoms. The van der Waals surface area contributed by atoms with E-state index in [0.717, 1.165) is 11.8 Å². The Bertz CT molecular complexity index is 643. The summed E-state index contributed by atoms with van der Waals surface area (Å²) in [6.45, 7) is 15.3. The van der Waals surface area contributed by atoms with Gasteiger partial charge in [0.15, 0.2) is 0 Å². The van der Waals surface area contributed by atoms with Gasteiger partial charge in [0, 0.05) is 6.42 Å². The summed E-state index contributed by atoms with van der Waals surface area (Å²) in [5.41, 5.74) is 9.04. The first-order valence-corrected chi connectivity index (χ1v) is 19.1. The Hall–Kier alpha value is 1.23. The second-order valence-corrected chi connectivity index (χ2v) is 21.5. The number of halogens is 3. The topological polar surface area (TPSA) is 0 Å². The van der Waals surface area contributed by atoms with E-state index in [1.54, 1.807) is 11.1 Å². The van der Waals surface area contributed by atoms with Gasteiger partial charge in [-0.2, -0.15) is 0 Å². The van der Waals surface area contributed by atoms with Crippen molar-refractivity contribution >= 4 is 25.5 Å². The minimum absolute atomic E-state index is 0.442. The zero-order valence-electron chi connectivity index (χ0n) is 16.2. The van der Waals surface area contributed by atoms with E-state index < -0.39 is 18.2 Å². The maximum atomic E-state index is 5.00. The van der Waals surface area contributed by atoms with Gasteiger partial charge < -0.3 is 0 Å². The SMILES string of the molecule is CC12CCC(C3=C1[CH]C1=C3C3CCC1(C)C3(C)C)C2(C)C.[Cl][Zr]([Cl])[Cl]. The summed E-state index contributed by atoms with van der Waals surface area (Å²) >= 11 is -2.13. The second kappa shape index (κ2) is 5.65. The Labute approximate surface area is 172 Å². The fourth-order valence-corrected chi connectivity index (χ4v) is 7.23. The molecule has 4 heteroatoms. The monoisotopic (exact) mass is 476 g/mol. The van der Waals surface area contributed by atoms with Crippen LogP contribution >= 0.6 is 25.5 Å². The van der Waals surface area contributed by atoms with Crippen LogP contribution in [0.4, 0.5) is 0 Å². The third-order valence-electron chi connectivity index (χ3n) is 9.50. The van der Waals surface area contributed by atoms with Crippen molar-refractivity contribution in [3.8, 4) is 0 Å². The minimum atomic E-state index is -2.13. The van der Waals surface area contributed by atoms with Crippen molar-refractivity contribution in [2.75, 3.05) is 0 Å². The van der Waals surface area contributed by atoms with E-state index in [9.17, 15) is 0 Å². The van der Waals surface area contributed by atoms with Crippen molar-refractivity contribution in [2.24, 2.45) is 33.5 Å². The van der Waals surface area contributed by atoms with Gasteiger partial charge >= 0.3 is 43.7 Å². The summed E-state index contributed by atoms with van der Waals surface area (Å²) in [7, 11) is 15.0. The third kappa shape index (κ3) is 2.17. The Balaban J connectivity index is 0.000000358. The molecule has 0 N–H and O–H groups in total. The van der Waals surface area contributed by atoms with Crippen LogP contribution in [0.5, 0.6) is 0 Å². The molecule has 0 aromatic heterocycles. The Kier molecular flexibility index (Phi) is 4.41. The van der Waals surface area contributed by atoms with Crippen LogP contribution in [0.15, 0.2) is 22.3 Å². The van der Waals surface area contributed by atoms with Crippen molar-refractivity contribution in [1.82, 2.24) is 0 Å². The van der Waals surface area contributed by atoms with E-state index in [0.29, 0.717) is 21.7 Å². The van der Waals surface area contributed by atoms with Gasteiger partial charge in [-0.25, -0.2) is 0 Å². The molecule has 4 bridgehead atoms. The van der Waals surface area contributed by atoms with E-state index in [2.05, 4.69) is 48.0 Å². The molecule has 5 rings (SSSR count). The molecule has 0 nitrogen and oxygen atoms in total. The molecule has 2 fully saturated rings. The summed E-state index contributed by atoms with van der Waals surface area (Å²) < 4.78 is 0. The van der Waals surface area contributed by atoms with Crippen molar-refractivity contribution in [1.29, 1.82) is 0 Å². The molecule has 1 radical (unpaired) electrons. The molecular formula is C21H29Cl3Zr. The second-order valence-electron chi connectivity index (χ2n) is 10.3. The van der Waals surface area contributed by atoms with E-state index in [1.807, 2.05) is 11.1 Å². The molecule has 0 spiro atoms. The number of allylic oxidation sites excluding steroid dienone is 4. The van der Waals surface area contributed by atoms with E-state index in [4.69, 9.17) is 25.5 Å². The van der Waals surface area contributed by atoms with E-state index >= 15 is 0 Å². The van der Waals surface area contributed by atoms with Gasteiger partial charge in [-0.05, 0) is 70.3 Å². The quantitative estimate of drug-likeness (QED) is 0.333. The summed E-state index contributed by atoms with van der Waals surface area (Å²) in [6, 6.07) is 0. The van der Waals surface area contributed by atoms with Gasteiger partial charge in [-0.15, -0.1) is 0 Å². The molecule has 5 aliphatic carbocycles. The first-order valence-electron chi connectivity index (χ1n) is 9.57. The summed E-state index contributed by atoms with van der Waals surface area (Å²) in [6.07, 6.45) is 8.36. The predicted octanol–water partition coefficient (Wildman–Crippen LogP) is 7.78. The van der Waals surface area contributed by atoms with Crippen molar-refractivity contribution in [3.63, 3.8) is 0 Å². The molecule has 0 saturated heterocycles. The van der Waals surface area contributed by atoms with Crippen LogP contribution < -0.4 is 0 Å². The molecule has 0 amide bonds. The summed E-state index contributed by atoms with van der Waals surface area (Å²) in [4.78, 5) is 0.